The maximum absolute atomic E-state index is 9.83. The molecule has 2 aromatic rings. The molecule has 0 amide bonds. The van der Waals surface area contributed by atoms with Crippen LogP contribution in [0.2, 0.25) is 0 Å². The van der Waals surface area contributed by atoms with Crippen molar-refractivity contribution in [3.05, 3.63) is 72.8 Å². The van der Waals surface area contributed by atoms with Gasteiger partial charge in [0.2, 0.25) is 0 Å². The van der Waals surface area contributed by atoms with Crippen LogP contribution in [0.4, 0.5) is 0 Å². The zero-order valence-corrected chi connectivity index (χ0v) is 11.3. The van der Waals surface area contributed by atoms with Crippen LogP contribution < -0.4 is 0 Å². The van der Waals surface area contributed by atoms with E-state index in [1.807, 2.05) is 24.3 Å². The minimum Gasteiger partial charge on any atom is -0.508 e. The van der Waals surface area contributed by atoms with E-state index < -0.39 is 0 Å². The first-order chi connectivity index (χ1) is 9.65. The van der Waals surface area contributed by atoms with Gasteiger partial charge in [0.1, 0.15) is 11.5 Å². The van der Waals surface area contributed by atoms with Crippen molar-refractivity contribution in [2.24, 2.45) is 0 Å². The number of benzene rings is 2. The minimum atomic E-state index is 0.228. The molecule has 20 heavy (non-hydrogen) atoms. The van der Waals surface area contributed by atoms with Gasteiger partial charge in [0.25, 0.3) is 0 Å². The highest BCUT2D eigenvalue weighted by Gasteiger charge is 2.08. The molecule has 0 aliphatic carbocycles. The third-order valence-corrected chi connectivity index (χ3v) is 3.21. The molecule has 0 saturated carbocycles. The van der Waals surface area contributed by atoms with Gasteiger partial charge in [-0.2, -0.15) is 0 Å². The molecule has 2 rings (SSSR count). The Labute approximate surface area is 119 Å². The minimum absolute atomic E-state index is 0.228. The summed E-state index contributed by atoms with van der Waals surface area (Å²) in [6.07, 6.45) is 4.93. The lowest BCUT2D eigenvalue weighted by Gasteiger charge is -2.11. The standard InChI is InChI=1S/C18H18O2/c1-3-5-13-7-9-16(19)12-17(13)14-8-10-18(20)15(11-14)6-4-2/h3-4,7-12,19-20H,1-2,5-6H2. The zero-order chi connectivity index (χ0) is 14.5. The average Bonchev–Trinajstić information content (AvgIpc) is 2.44. The van der Waals surface area contributed by atoms with E-state index in [-0.39, 0.29) is 11.5 Å². The van der Waals surface area contributed by atoms with Crippen LogP contribution in [0, 0.1) is 0 Å². The quantitative estimate of drug-likeness (QED) is 0.795. The molecule has 0 aliphatic rings. The molecule has 0 fully saturated rings. The van der Waals surface area contributed by atoms with Crippen LogP contribution >= 0.6 is 0 Å². The third-order valence-electron chi connectivity index (χ3n) is 3.21. The molecule has 102 valence electrons. The molecule has 2 aromatic carbocycles. The largest absolute Gasteiger partial charge is 0.508 e. The summed E-state index contributed by atoms with van der Waals surface area (Å²) in [5, 5.41) is 19.5. The first-order valence-corrected chi connectivity index (χ1v) is 6.51. The van der Waals surface area contributed by atoms with E-state index in [9.17, 15) is 10.2 Å². The summed E-state index contributed by atoms with van der Waals surface area (Å²) in [7, 11) is 0. The van der Waals surface area contributed by atoms with Gasteiger partial charge >= 0.3 is 0 Å². The van der Waals surface area contributed by atoms with Crippen molar-refractivity contribution >= 4 is 0 Å². The van der Waals surface area contributed by atoms with Crippen molar-refractivity contribution in [1.82, 2.24) is 0 Å². The van der Waals surface area contributed by atoms with E-state index in [2.05, 4.69) is 13.2 Å². The fourth-order valence-electron chi connectivity index (χ4n) is 2.24. The Bertz CT molecular complexity index is 642. The second-order valence-corrected chi connectivity index (χ2v) is 4.67. The molecule has 2 N–H and O–H groups in total. The normalized spacial score (nSPS) is 10.2. The van der Waals surface area contributed by atoms with Crippen LogP contribution in [0.3, 0.4) is 0 Å². The fraction of sp³-hybridized carbons (Fsp3) is 0.111. The second kappa shape index (κ2) is 6.11. The first-order valence-electron chi connectivity index (χ1n) is 6.51. The highest BCUT2D eigenvalue weighted by molar-refractivity contribution is 5.71. The molecule has 0 aromatic heterocycles. The molecule has 0 saturated heterocycles. The number of phenolic OH excluding ortho intramolecular Hbond substituents is 2. The van der Waals surface area contributed by atoms with Crippen molar-refractivity contribution in [3.8, 4) is 22.6 Å². The van der Waals surface area contributed by atoms with Gasteiger partial charge in [0.15, 0.2) is 0 Å². The van der Waals surface area contributed by atoms with Gasteiger partial charge in [-0.3, -0.25) is 0 Å². The van der Waals surface area contributed by atoms with Crippen LogP contribution in [-0.2, 0) is 12.8 Å². The van der Waals surface area contributed by atoms with Crippen molar-refractivity contribution in [3.63, 3.8) is 0 Å². The Morgan fingerprint density at radius 1 is 0.850 bits per heavy atom. The molecule has 0 aliphatic heterocycles. The first kappa shape index (κ1) is 13.9. The molecule has 0 unspecified atom stereocenters. The SMILES string of the molecule is C=CCc1cc(-c2cc(O)ccc2CC=C)ccc1O. The molecular formula is C18H18O2. The lowest BCUT2D eigenvalue weighted by molar-refractivity contribution is 0.470. The van der Waals surface area contributed by atoms with Gasteiger partial charge in [-0.1, -0.05) is 24.3 Å². The van der Waals surface area contributed by atoms with Gasteiger partial charge in [0.05, 0.1) is 0 Å². The molecule has 0 radical (unpaired) electrons. The van der Waals surface area contributed by atoms with Crippen LogP contribution in [0.15, 0.2) is 61.7 Å². The Morgan fingerprint density at radius 2 is 1.55 bits per heavy atom. The molecule has 0 heterocycles. The predicted octanol–water partition coefficient (Wildman–Crippen LogP) is 4.22. The Hall–Kier alpha value is -2.48. The van der Waals surface area contributed by atoms with Crippen LogP contribution in [0.5, 0.6) is 11.5 Å². The lowest BCUT2D eigenvalue weighted by Crippen LogP contribution is -1.90. The number of aromatic hydroxyl groups is 2. The summed E-state index contributed by atoms with van der Waals surface area (Å²) < 4.78 is 0. The van der Waals surface area contributed by atoms with Gasteiger partial charge in [-0.05, 0) is 59.4 Å². The number of hydrogen-bond donors (Lipinski definition) is 2. The highest BCUT2D eigenvalue weighted by Crippen LogP contribution is 2.31. The van der Waals surface area contributed by atoms with Crippen molar-refractivity contribution < 1.29 is 10.2 Å². The Balaban J connectivity index is 2.55. The Kier molecular flexibility index (Phi) is 4.26. The summed E-state index contributed by atoms with van der Waals surface area (Å²) in [5.74, 6) is 0.491. The molecule has 2 heteroatoms. The lowest BCUT2D eigenvalue weighted by atomic mass is 9.95. The second-order valence-electron chi connectivity index (χ2n) is 4.67. The molecule has 0 atom stereocenters. The summed E-state index contributed by atoms with van der Waals surface area (Å²) in [6.45, 7) is 7.45. The summed E-state index contributed by atoms with van der Waals surface area (Å²) in [4.78, 5) is 0. The topological polar surface area (TPSA) is 40.5 Å². The predicted molar refractivity (Wildman–Crippen MR) is 83.0 cm³/mol. The fourth-order valence-corrected chi connectivity index (χ4v) is 2.24. The summed E-state index contributed by atoms with van der Waals surface area (Å²) in [6, 6.07) is 10.8. The van der Waals surface area contributed by atoms with Crippen LogP contribution in [-0.4, -0.2) is 10.2 Å². The number of phenols is 2. The number of hydrogen-bond acceptors (Lipinski definition) is 2. The Morgan fingerprint density at radius 3 is 2.25 bits per heavy atom. The average molecular weight is 266 g/mol. The monoisotopic (exact) mass is 266 g/mol. The van der Waals surface area contributed by atoms with Gasteiger partial charge in [-0.25, -0.2) is 0 Å². The van der Waals surface area contributed by atoms with E-state index >= 15 is 0 Å². The van der Waals surface area contributed by atoms with E-state index in [1.165, 1.54) is 0 Å². The maximum Gasteiger partial charge on any atom is 0.119 e. The summed E-state index contributed by atoms with van der Waals surface area (Å²) >= 11 is 0. The molecule has 0 spiro atoms. The van der Waals surface area contributed by atoms with Gasteiger partial charge in [-0.15, -0.1) is 13.2 Å². The summed E-state index contributed by atoms with van der Waals surface area (Å²) in [5.41, 5.74) is 3.83. The van der Waals surface area contributed by atoms with Gasteiger partial charge in [0, 0.05) is 0 Å². The maximum atomic E-state index is 9.83. The molecule has 2 nitrogen and oxygen atoms in total. The van der Waals surface area contributed by atoms with Gasteiger partial charge < -0.3 is 10.2 Å². The molecule has 0 bridgehead atoms. The zero-order valence-electron chi connectivity index (χ0n) is 11.3. The van der Waals surface area contributed by atoms with E-state index in [1.54, 1.807) is 24.3 Å². The van der Waals surface area contributed by atoms with E-state index in [4.69, 9.17) is 0 Å². The van der Waals surface area contributed by atoms with E-state index in [0.29, 0.717) is 6.42 Å². The molecular weight excluding hydrogens is 248 g/mol. The number of rotatable bonds is 5. The van der Waals surface area contributed by atoms with Crippen molar-refractivity contribution in [1.29, 1.82) is 0 Å². The number of allylic oxidation sites excluding steroid dienone is 2. The van der Waals surface area contributed by atoms with E-state index in [0.717, 1.165) is 28.7 Å². The smallest absolute Gasteiger partial charge is 0.119 e. The van der Waals surface area contributed by atoms with Crippen molar-refractivity contribution in [2.75, 3.05) is 0 Å². The third kappa shape index (κ3) is 2.91. The van der Waals surface area contributed by atoms with Crippen LogP contribution in [0.1, 0.15) is 11.1 Å². The van der Waals surface area contributed by atoms with Crippen molar-refractivity contribution in [2.45, 2.75) is 12.8 Å². The highest BCUT2D eigenvalue weighted by atomic mass is 16.3. The van der Waals surface area contributed by atoms with Crippen LogP contribution in [0.25, 0.3) is 11.1 Å².